The summed E-state index contributed by atoms with van der Waals surface area (Å²) in [4.78, 5) is 26.7. The van der Waals surface area contributed by atoms with Crippen LogP contribution in [0.25, 0.3) is 22.4 Å². The molecule has 1 aromatic heterocycles. The van der Waals surface area contributed by atoms with Gasteiger partial charge in [0.15, 0.2) is 15.6 Å². The van der Waals surface area contributed by atoms with E-state index in [1.165, 1.54) is 57.7 Å². The molecule has 180 valence electrons. The van der Waals surface area contributed by atoms with Gasteiger partial charge in [0.05, 0.1) is 33.9 Å². The molecule has 1 aliphatic rings. The van der Waals surface area contributed by atoms with Gasteiger partial charge in [-0.1, -0.05) is 6.92 Å². The van der Waals surface area contributed by atoms with E-state index in [1.54, 1.807) is 25.1 Å². The van der Waals surface area contributed by atoms with E-state index < -0.39 is 32.6 Å². The van der Waals surface area contributed by atoms with Gasteiger partial charge in [-0.2, -0.15) is 0 Å². The Hall–Kier alpha value is -3.59. The molecule has 0 bridgehead atoms. The number of Topliss-reactive ketones (excluding diaryl/α,β-unsaturated/α-hetero) is 1. The number of sulfone groups is 1. The summed E-state index contributed by atoms with van der Waals surface area (Å²) < 4.78 is 53.8. The molecule has 9 heteroatoms. The smallest absolute Gasteiger partial charge is 0.294 e. The summed E-state index contributed by atoms with van der Waals surface area (Å²) in [5.74, 6) is -1.09. The number of hydrogen-bond acceptors (Lipinski definition) is 4. The number of imidazole rings is 1. The maximum Gasteiger partial charge on any atom is 0.338 e. The Bertz CT molecular complexity index is 1620. The first kappa shape index (κ1) is 23.2. The predicted octanol–water partition coefficient (Wildman–Crippen LogP) is 4.46. The third-order valence-corrected chi connectivity index (χ3v) is 8.47. The number of rotatable bonds is 5. The van der Waals surface area contributed by atoms with Crippen molar-refractivity contribution in [3.63, 3.8) is 0 Å². The number of aromatic nitrogens is 2. The summed E-state index contributed by atoms with van der Waals surface area (Å²) in [6.45, 7) is 1.80. The fraction of sp³-hybridized carbons (Fsp3) is 0.231. The summed E-state index contributed by atoms with van der Waals surface area (Å²) in [7, 11) is -3.16. The molecule has 0 spiro atoms. The first-order valence-corrected chi connectivity index (χ1v) is 12.9. The van der Waals surface area contributed by atoms with Gasteiger partial charge in [-0.3, -0.25) is 13.9 Å². The number of ketones is 1. The SMILES string of the molecule is C[C@@]1(CC(=O)c2ccc3c(c2)n(-c2ccc(F)cc2)c(=O)n3-c2ccc(F)cc2)CCS(=O)(=O)C1. The molecule has 0 amide bonds. The van der Waals surface area contributed by atoms with Gasteiger partial charge in [-0.15, -0.1) is 0 Å². The van der Waals surface area contributed by atoms with E-state index in [4.69, 9.17) is 0 Å². The van der Waals surface area contributed by atoms with Crippen LogP contribution in [0.5, 0.6) is 0 Å². The standard InChI is InChI=1S/C26H22F2N2O4S/c1-26(12-13-35(33,34)16-26)15-24(31)17-2-11-22-23(14-17)30(21-9-5-19(28)6-10-21)25(32)29(22)20-7-3-18(27)4-8-20/h2-11,14H,12-13,15-16H2,1H3/t26-/m0/s1. The zero-order valence-electron chi connectivity index (χ0n) is 18.9. The van der Waals surface area contributed by atoms with Crippen molar-refractivity contribution in [2.45, 2.75) is 19.8 Å². The fourth-order valence-corrected chi connectivity index (χ4v) is 7.01. The first-order chi connectivity index (χ1) is 16.6. The fourth-order valence-electron chi connectivity index (χ4n) is 4.76. The Morgan fingerprint density at radius 1 is 0.886 bits per heavy atom. The second-order valence-corrected chi connectivity index (χ2v) is 11.5. The van der Waals surface area contributed by atoms with E-state index in [2.05, 4.69) is 0 Å². The maximum absolute atomic E-state index is 13.6. The van der Waals surface area contributed by atoms with Crippen LogP contribution in [0.1, 0.15) is 30.1 Å². The normalized spacial score (nSPS) is 19.3. The largest absolute Gasteiger partial charge is 0.338 e. The first-order valence-electron chi connectivity index (χ1n) is 11.1. The lowest BCUT2D eigenvalue weighted by Crippen LogP contribution is -2.22. The van der Waals surface area contributed by atoms with E-state index in [0.29, 0.717) is 34.4 Å². The summed E-state index contributed by atoms with van der Waals surface area (Å²) in [5, 5.41) is 0. The molecule has 5 rings (SSSR count). The van der Waals surface area contributed by atoms with Crippen LogP contribution in [-0.4, -0.2) is 34.8 Å². The summed E-state index contributed by atoms with van der Waals surface area (Å²) >= 11 is 0. The third kappa shape index (κ3) is 4.32. The Labute approximate surface area is 200 Å². The molecule has 35 heavy (non-hydrogen) atoms. The van der Waals surface area contributed by atoms with Gasteiger partial charge < -0.3 is 0 Å². The van der Waals surface area contributed by atoms with Crippen molar-refractivity contribution in [3.8, 4) is 11.4 Å². The Kier molecular flexibility index (Phi) is 5.47. The molecule has 1 atom stereocenters. The monoisotopic (exact) mass is 496 g/mol. The number of carbonyl (C=O) groups excluding carboxylic acids is 1. The van der Waals surface area contributed by atoms with E-state index in [-0.39, 0.29) is 23.7 Å². The third-order valence-electron chi connectivity index (χ3n) is 6.50. The molecule has 1 aliphatic heterocycles. The minimum atomic E-state index is -3.16. The van der Waals surface area contributed by atoms with Gasteiger partial charge in [0, 0.05) is 12.0 Å². The van der Waals surface area contributed by atoms with E-state index in [1.807, 2.05) is 0 Å². The molecule has 0 radical (unpaired) electrons. The van der Waals surface area contributed by atoms with Crippen molar-refractivity contribution in [1.29, 1.82) is 0 Å². The van der Waals surface area contributed by atoms with Crippen molar-refractivity contribution >= 4 is 26.7 Å². The molecule has 1 fully saturated rings. The van der Waals surface area contributed by atoms with Crippen molar-refractivity contribution in [2.24, 2.45) is 5.41 Å². The van der Waals surface area contributed by atoms with Gasteiger partial charge in [0.2, 0.25) is 0 Å². The Morgan fingerprint density at radius 3 is 1.94 bits per heavy atom. The molecular formula is C26H22F2N2O4S. The Morgan fingerprint density at radius 2 is 1.43 bits per heavy atom. The molecular weight excluding hydrogens is 474 g/mol. The van der Waals surface area contributed by atoms with Crippen LogP contribution >= 0.6 is 0 Å². The lowest BCUT2D eigenvalue weighted by Gasteiger charge is -2.20. The highest BCUT2D eigenvalue weighted by Gasteiger charge is 2.40. The molecule has 0 aliphatic carbocycles. The number of benzene rings is 3. The molecule has 4 aromatic rings. The molecule has 3 aromatic carbocycles. The number of halogens is 2. The van der Waals surface area contributed by atoms with E-state index in [9.17, 15) is 26.8 Å². The van der Waals surface area contributed by atoms with Gasteiger partial charge in [-0.05, 0) is 78.6 Å². The van der Waals surface area contributed by atoms with Crippen LogP contribution in [0.4, 0.5) is 8.78 Å². The number of nitrogens with zero attached hydrogens (tertiary/aromatic N) is 2. The van der Waals surface area contributed by atoms with Crippen molar-refractivity contribution < 1.29 is 22.0 Å². The van der Waals surface area contributed by atoms with Crippen LogP contribution in [0.3, 0.4) is 0 Å². The van der Waals surface area contributed by atoms with Gasteiger partial charge in [-0.25, -0.2) is 22.0 Å². The summed E-state index contributed by atoms with van der Waals surface area (Å²) in [6, 6.07) is 15.7. The second kappa shape index (κ2) is 8.27. The summed E-state index contributed by atoms with van der Waals surface area (Å²) in [6.07, 6.45) is 0.488. The van der Waals surface area contributed by atoms with Crippen molar-refractivity contribution in [1.82, 2.24) is 9.13 Å². The number of hydrogen-bond donors (Lipinski definition) is 0. The highest BCUT2D eigenvalue weighted by atomic mass is 32.2. The van der Waals surface area contributed by atoms with E-state index in [0.717, 1.165) is 0 Å². The quantitative estimate of drug-likeness (QED) is 0.383. The lowest BCUT2D eigenvalue weighted by molar-refractivity contribution is 0.0934. The average Bonchev–Trinajstić information content (AvgIpc) is 3.25. The lowest BCUT2D eigenvalue weighted by atomic mass is 9.83. The van der Waals surface area contributed by atoms with Gasteiger partial charge in [0.25, 0.3) is 0 Å². The minimum Gasteiger partial charge on any atom is -0.294 e. The van der Waals surface area contributed by atoms with Crippen molar-refractivity contribution in [2.75, 3.05) is 11.5 Å². The zero-order valence-corrected chi connectivity index (χ0v) is 19.7. The summed E-state index contributed by atoms with van der Waals surface area (Å²) in [5.41, 5.74) is 0.984. The Balaban J connectivity index is 1.65. The molecule has 6 nitrogen and oxygen atoms in total. The van der Waals surface area contributed by atoms with Crippen LogP contribution < -0.4 is 5.69 Å². The van der Waals surface area contributed by atoms with E-state index >= 15 is 0 Å². The molecule has 0 N–H and O–H groups in total. The van der Waals surface area contributed by atoms with Crippen LogP contribution in [0.2, 0.25) is 0 Å². The highest BCUT2D eigenvalue weighted by Crippen LogP contribution is 2.36. The predicted molar refractivity (Wildman–Crippen MR) is 129 cm³/mol. The van der Waals surface area contributed by atoms with Crippen LogP contribution in [0.15, 0.2) is 71.5 Å². The van der Waals surface area contributed by atoms with Gasteiger partial charge in [0.1, 0.15) is 11.6 Å². The zero-order chi connectivity index (χ0) is 25.0. The molecule has 0 saturated carbocycles. The van der Waals surface area contributed by atoms with Gasteiger partial charge >= 0.3 is 5.69 Å². The second-order valence-electron chi connectivity index (χ2n) is 9.36. The molecule has 0 unspecified atom stereocenters. The topological polar surface area (TPSA) is 78.1 Å². The minimum absolute atomic E-state index is 0.0325. The van der Waals surface area contributed by atoms with Crippen molar-refractivity contribution in [3.05, 3.63) is 94.4 Å². The highest BCUT2D eigenvalue weighted by molar-refractivity contribution is 7.91. The molecule has 2 heterocycles. The van der Waals surface area contributed by atoms with Crippen LogP contribution in [0, 0.1) is 17.0 Å². The number of carbonyl (C=O) groups is 1. The average molecular weight is 497 g/mol. The maximum atomic E-state index is 13.6. The van der Waals surface area contributed by atoms with Crippen LogP contribution in [-0.2, 0) is 9.84 Å². The number of fused-ring (bicyclic) bond motifs is 1. The molecule has 1 saturated heterocycles.